The molecule has 4 heteroatoms. The van der Waals surface area contributed by atoms with Gasteiger partial charge in [-0.15, -0.1) is 0 Å². The van der Waals surface area contributed by atoms with Crippen LogP contribution in [-0.4, -0.2) is 36.4 Å². The molecule has 0 aromatic rings. The molecule has 0 heterocycles. The monoisotopic (exact) mass is 191 g/mol. The second kappa shape index (κ2) is 5.04. The van der Waals surface area contributed by atoms with E-state index in [2.05, 4.69) is 0 Å². The molecule has 0 atom stereocenters. The number of amides is 1. The fourth-order valence-corrected chi connectivity index (χ4v) is 0.807. The lowest BCUT2D eigenvalue weighted by molar-refractivity contribution is 0.0250. The van der Waals surface area contributed by atoms with E-state index in [1.54, 1.807) is 27.7 Å². The van der Waals surface area contributed by atoms with Crippen LogP contribution in [0.1, 0.15) is 27.7 Å². The lowest BCUT2D eigenvalue weighted by Gasteiger charge is -2.25. The van der Waals surface area contributed by atoms with Gasteiger partial charge in [-0.2, -0.15) is 0 Å². The van der Waals surface area contributed by atoms with E-state index in [4.69, 9.17) is 4.74 Å². The van der Waals surface area contributed by atoms with Gasteiger partial charge in [-0.05, 0) is 27.7 Å². The van der Waals surface area contributed by atoms with Gasteiger partial charge in [0, 0.05) is 6.54 Å². The predicted octanol–water partition coefficient (Wildman–Crippen LogP) is 2.21. The minimum Gasteiger partial charge on any atom is -0.444 e. The van der Waals surface area contributed by atoms with Gasteiger partial charge in [0.05, 0.1) is 6.54 Å². The Morgan fingerprint density at radius 2 is 2.00 bits per heavy atom. The second-order valence-corrected chi connectivity index (χ2v) is 3.75. The van der Waals surface area contributed by atoms with Crippen LogP contribution >= 0.6 is 0 Å². The molecule has 0 spiro atoms. The molecule has 13 heavy (non-hydrogen) atoms. The number of alkyl halides is 1. The van der Waals surface area contributed by atoms with Crippen molar-refractivity contribution >= 4 is 6.09 Å². The molecule has 0 aromatic heterocycles. The van der Waals surface area contributed by atoms with Gasteiger partial charge in [-0.3, -0.25) is 0 Å². The van der Waals surface area contributed by atoms with Crippen molar-refractivity contribution in [2.45, 2.75) is 33.3 Å². The van der Waals surface area contributed by atoms with Crippen LogP contribution in [0.15, 0.2) is 0 Å². The highest BCUT2D eigenvalue weighted by atomic mass is 19.1. The van der Waals surface area contributed by atoms with Gasteiger partial charge in [0.15, 0.2) is 0 Å². The lowest BCUT2D eigenvalue weighted by Crippen LogP contribution is -2.37. The SMILES string of the molecule is CCN(CCF)C(=O)OC(C)(C)C. The molecule has 0 aliphatic carbocycles. The molecule has 78 valence electrons. The molecule has 0 rings (SSSR count). The number of rotatable bonds is 3. The molecule has 0 bridgehead atoms. The Balaban J connectivity index is 4.06. The fraction of sp³-hybridized carbons (Fsp3) is 0.889. The summed E-state index contributed by atoms with van der Waals surface area (Å²) in [7, 11) is 0. The first-order valence-corrected chi connectivity index (χ1v) is 4.44. The van der Waals surface area contributed by atoms with E-state index >= 15 is 0 Å². The second-order valence-electron chi connectivity index (χ2n) is 3.75. The number of hydrogen-bond acceptors (Lipinski definition) is 2. The van der Waals surface area contributed by atoms with Gasteiger partial charge in [0.2, 0.25) is 0 Å². The third-order valence-corrected chi connectivity index (χ3v) is 1.39. The summed E-state index contributed by atoms with van der Waals surface area (Å²) in [5.74, 6) is 0. The molecule has 0 saturated carbocycles. The standard InChI is InChI=1S/C9H18FNO2/c1-5-11(7-6-10)8(12)13-9(2,3)4/h5-7H2,1-4H3. The van der Waals surface area contributed by atoms with E-state index in [9.17, 15) is 9.18 Å². The van der Waals surface area contributed by atoms with Crippen LogP contribution in [0.2, 0.25) is 0 Å². The van der Waals surface area contributed by atoms with Crippen LogP contribution < -0.4 is 0 Å². The molecule has 0 unspecified atom stereocenters. The maximum absolute atomic E-state index is 12.0. The number of hydrogen-bond donors (Lipinski definition) is 0. The molecule has 3 nitrogen and oxygen atoms in total. The average molecular weight is 191 g/mol. The van der Waals surface area contributed by atoms with E-state index in [1.165, 1.54) is 4.90 Å². The van der Waals surface area contributed by atoms with E-state index in [-0.39, 0.29) is 6.54 Å². The molecule has 0 saturated heterocycles. The highest BCUT2D eigenvalue weighted by Gasteiger charge is 2.20. The Hall–Kier alpha value is -0.800. The molecule has 1 amide bonds. The topological polar surface area (TPSA) is 29.5 Å². The van der Waals surface area contributed by atoms with Crippen LogP contribution in [0.3, 0.4) is 0 Å². The zero-order chi connectivity index (χ0) is 10.5. The maximum atomic E-state index is 12.0. The van der Waals surface area contributed by atoms with Gasteiger partial charge in [-0.1, -0.05) is 0 Å². The van der Waals surface area contributed by atoms with Crippen molar-refractivity contribution in [2.75, 3.05) is 19.8 Å². The van der Waals surface area contributed by atoms with Crippen molar-refractivity contribution in [3.05, 3.63) is 0 Å². The Labute approximate surface area is 78.9 Å². The van der Waals surface area contributed by atoms with Crippen molar-refractivity contribution in [3.8, 4) is 0 Å². The Kier molecular flexibility index (Phi) is 4.73. The molecule has 0 aromatic carbocycles. The zero-order valence-electron chi connectivity index (χ0n) is 8.76. The van der Waals surface area contributed by atoms with Gasteiger partial charge in [0.25, 0.3) is 0 Å². The summed E-state index contributed by atoms with van der Waals surface area (Å²) in [4.78, 5) is 12.7. The molecule has 0 radical (unpaired) electrons. The highest BCUT2D eigenvalue weighted by Crippen LogP contribution is 2.09. The quantitative estimate of drug-likeness (QED) is 0.684. The van der Waals surface area contributed by atoms with Crippen LogP contribution in [-0.2, 0) is 4.74 Å². The van der Waals surface area contributed by atoms with Crippen molar-refractivity contribution in [1.82, 2.24) is 4.90 Å². The van der Waals surface area contributed by atoms with E-state index < -0.39 is 18.4 Å². The summed E-state index contributed by atoms with van der Waals surface area (Å²) in [6, 6.07) is 0. The predicted molar refractivity (Wildman–Crippen MR) is 49.5 cm³/mol. The van der Waals surface area contributed by atoms with Crippen molar-refractivity contribution < 1.29 is 13.9 Å². The summed E-state index contributed by atoms with van der Waals surface area (Å²) in [5.41, 5.74) is -0.513. The molecule has 0 aliphatic heterocycles. The van der Waals surface area contributed by atoms with Gasteiger partial charge < -0.3 is 9.64 Å². The Bertz CT molecular complexity index is 165. The normalized spacial score (nSPS) is 11.2. The van der Waals surface area contributed by atoms with Gasteiger partial charge >= 0.3 is 6.09 Å². The van der Waals surface area contributed by atoms with Crippen molar-refractivity contribution in [3.63, 3.8) is 0 Å². The number of ether oxygens (including phenoxy) is 1. The maximum Gasteiger partial charge on any atom is 0.410 e. The average Bonchev–Trinajstić information content (AvgIpc) is 1.96. The first kappa shape index (κ1) is 12.2. The number of carbonyl (C=O) groups is 1. The fourth-order valence-electron chi connectivity index (χ4n) is 0.807. The van der Waals surface area contributed by atoms with Gasteiger partial charge in [-0.25, -0.2) is 9.18 Å². The number of carbonyl (C=O) groups excluding carboxylic acids is 1. The van der Waals surface area contributed by atoms with Gasteiger partial charge in [0.1, 0.15) is 12.3 Å². The molecular formula is C9H18FNO2. The molecule has 0 aliphatic rings. The Morgan fingerprint density at radius 3 is 2.31 bits per heavy atom. The van der Waals surface area contributed by atoms with E-state index in [0.29, 0.717) is 6.54 Å². The molecular weight excluding hydrogens is 173 g/mol. The smallest absolute Gasteiger partial charge is 0.410 e. The summed E-state index contributed by atoms with van der Waals surface area (Å²) in [6.45, 7) is 7.19. The Morgan fingerprint density at radius 1 is 1.46 bits per heavy atom. The number of halogens is 1. The minimum absolute atomic E-state index is 0.103. The van der Waals surface area contributed by atoms with Crippen LogP contribution in [0.25, 0.3) is 0 Å². The third-order valence-electron chi connectivity index (χ3n) is 1.39. The first-order valence-electron chi connectivity index (χ1n) is 4.44. The minimum atomic E-state index is -0.535. The van der Waals surface area contributed by atoms with Crippen LogP contribution in [0.5, 0.6) is 0 Å². The molecule has 0 fully saturated rings. The summed E-state index contributed by atoms with van der Waals surface area (Å²) >= 11 is 0. The largest absolute Gasteiger partial charge is 0.444 e. The third kappa shape index (κ3) is 5.44. The van der Waals surface area contributed by atoms with Crippen LogP contribution in [0.4, 0.5) is 9.18 Å². The first-order chi connectivity index (χ1) is 5.90. The number of nitrogens with zero attached hydrogens (tertiary/aromatic N) is 1. The lowest BCUT2D eigenvalue weighted by atomic mass is 10.2. The summed E-state index contributed by atoms with van der Waals surface area (Å²) < 4.78 is 17.0. The van der Waals surface area contributed by atoms with E-state index in [0.717, 1.165) is 0 Å². The summed E-state index contributed by atoms with van der Waals surface area (Å²) in [6.07, 6.45) is -0.451. The van der Waals surface area contributed by atoms with E-state index in [1.807, 2.05) is 0 Å². The van der Waals surface area contributed by atoms with Crippen molar-refractivity contribution in [2.24, 2.45) is 0 Å². The molecule has 0 N–H and O–H groups in total. The highest BCUT2D eigenvalue weighted by molar-refractivity contribution is 5.68. The zero-order valence-corrected chi connectivity index (χ0v) is 8.76. The van der Waals surface area contributed by atoms with Crippen LogP contribution in [0, 0.1) is 0 Å². The van der Waals surface area contributed by atoms with Crippen molar-refractivity contribution in [1.29, 1.82) is 0 Å². The summed E-state index contributed by atoms with van der Waals surface area (Å²) in [5, 5.41) is 0.